The quantitative estimate of drug-likeness (QED) is 0.241. The Morgan fingerprint density at radius 1 is 1.00 bits per heavy atom. The van der Waals surface area contributed by atoms with E-state index in [2.05, 4.69) is 20.8 Å². The third-order valence-electron chi connectivity index (χ3n) is 0.500. The van der Waals surface area contributed by atoms with Gasteiger partial charge in [0.15, 0.2) is 0 Å². The molecule has 8 heavy (non-hydrogen) atoms. The number of rotatable bonds is 1. The van der Waals surface area contributed by atoms with E-state index in [9.17, 15) is 0 Å². The minimum absolute atomic E-state index is 0. The Morgan fingerprint density at radius 3 is 1.12 bits per heavy atom. The second kappa shape index (κ2) is 41.6. The molecule has 0 saturated heterocycles. The SMILES string of the molecule is CCCC.[CH2-]C.[H-].[Li+].[Li+]. The molecule has 42 valence electrons. The first-order valence-corrected chi connectivity index (χ1v) is 2.62. The second-order valence-electron chi connectivity index (χ2n) is 1.000. The monoisotopic (exact) mass is 102 g/mol. The summed E-state index contributed by atoms with van der Waals surface area (Å²) >= 11 is 0. The number of hydrogen-bond donors (Lipinski definition) is 0. The first kappa shape index (κ1) is 22.9. The molecule has 0 fully saturated rings. The molecular weight excluding hydrogens is 85.9 g/mol. The standard InChI is InChI=1S/C4H10.C2H5.2Li.H/c1-3-4-2;1-2;;;/h3-4H2,1-2H3;1H2,2H3;;;/q;-1;2*+1;-1. The van der Waals surface area contributed by atoms with Crippen molar-refractivity contribution in [2.75, 3.05) is 0 Å². The van der Waals surface area contributed by atoms with Crippen molar-refractivity contribution >= 4 is 0 Å². The van der Waals surface area contributed by atoms with Gasteiger partial charge in [0.1, 0.15) is 0 Å². The molecule has 0 spiro atoms. The van der Waals surface area contributed by atoms with Gasteiger partial charge in [0.2, 0.25) is 0 Å². The van der Waals surface area contributed by atoms with Crippen LogP contribution in [0.5, 0.6) is 0 Å². The van der Waals surface area contributed by atoms with Crippen LogP contribution in [0.3, 0.4) is 0 Å². The van der Waals surface area contributed by atoms with Crippen LogP contribution in [0.15, 0.2) is 0 Å². The van der Waals surface area contributed by atoms with E-state index in [4.69, 9.17) is 0 Å². The molecule has 0 heterocycles. The van der Waals surface area contributed by atoms with Crippen LogP contribution in [0, 0.1) is 6.92 Å². The maximum absolute atomic E-state index is 3.25. The van der Waals surface area contributed by atoms with E-state index in [-0.39, 0.29) is 39.1 Å². The number of hydrogen-bond acceptors (Lipinski definition) is 0. The Morgan fingerprint density at radius 2 is 1.12 bits per heavy atom. The fraction of sp³-hybridized carbons (Fsp3) is 0.833. The van der Waals surface area contributed by atoms with E-state index in [1.807, 2.05) is 0 Å². The predicted molar refractivity (Wildman–Crippen MR) is 32.7 cm³/mol. The van der Waals surface area contributed by atoms with Crippen molar-refractivity contribution in [3.8, 4) is 0 Å². The van der Waals surface area contributed by atoms with Gasteiger partial charge >= 0.3 is 37.7 Å². The van der Waals surface area contributed by atoms with Gasteiger partial charge in [-0.15, -0.1) is 0 Å². The van der Waals surface area contributed by atoms with E-state index in [1.54, 1.807) is 6.92 Å². The summed E-state index contributed by atoms with van der Waals surface area (Å²) in [5.41, 5.74) is 0. The molecule has 0 aromatic rings. The van der Waals surface area contributed by atoms with E-state index >= 15 is 0 Å². The van der Waals surface area contributed by atoms with Crippen LogP contribution >= 0.6 is 0 Å². The topological polar surface area (TPSA) is 0 Å². The molecule has 0 N–H and O–H groups in total. The maximum Gasteiger partial charge on any atom is 1.00 e. The van der Waals surface area contributed by atoms with Crippen molar-refractivity contribution in [2.45, 2.75) is 33.6 Å². The van der Waals surface area contributed by atoms with Crippen molar-refractivity contribution in [1.29, 1.82) is 0 Å². The fourth-order valence-electron chi connectivity index (χ4n) is 0. The largest absolute Gasteiger partial charge is 1.00 e. The molecule has 0 amide bonds. The van der Waals surface area contributed by atoms with Crippen LogP contribution in [-0.4, -0.2) is 0 Å². The molecule has 0 nitrogen and oxygen atoms in total. The van der Waals surface area contributed by atoms with Crippen LogP contribution in [0.25, 0.3) is 0 Å². The molecule has 0 aliphatic carbocycles. The molecule has 0 rings (SSSR count). The first-order chi connectivity index (χ1) is 2.91. The van der Waals surface area contributed by atoms with Crippen molar-refractivity contribution < 1.29 is 39.1 Å². The third kappa shape index (κ3) is 57.3. The molecule has 2 heteroatoms. The Labute approximate surface area is 79.6 Å². The van der Waals surface area contributed by atoms with Crippen molar-refractivity contribution in [1.82, 2.24) is 0 Å². The van der Waals surface area contributed by atoms with Crippen LogP contribution < -0.4 is 37.7 Å². The zero-order valence-electron chi connectivity index (χ0n) is 8.12. The van der Waals surface area contributed by atoms with Crippen LogP contribution in [0.2, 0.25) is 0 Å². The van der Waals surface area contributed by atoms with Crippen molar-refractivity contribution in [3.63, 3.8) is 0 Å². The van der Waals surface area contributed by atoms with Gasteiger partial charge in [-0.1, -0.05) is 26.7 Å². The van der Waals surface area contributed by atoms with Crippen molar-refractivity contribution in [3.05, 3.63) is 6.92 Å². The Hall–Kier alpha value is 1.19. The zero-order chi connectivity index (χ0) is 5.41. The average molecular weight is 102 g/mol. The molecule has 0 bridgehead atoms. The summed E-state index contributed by atoms with van der Waals surface area (Å²) in [6, 6.07) is 0. The summed E-state index contributed by atoms with van der Waals surface area (Å²) in [7, 11) is 0. The van der Waals surface area contributed by atoms with Gasteiger partial charge in [0, 0.05) is 0 Å². The van der Waals surface area contributed by atoms with Crippen LogP contribution in [0.4, 0.5) is 0 Å². The predicted octanol–water partition coefficient (Wildman–Crippen LogP) is -3.23. The Kier molecular flexibility index (Phi) is 119. The van der Waals surface area contributed by atoms with Gasteiger partial charge in [0.25, 0.3) is 0 Å². The molecule has 0 saturated carbocycles. The summed E-state index contributed by atoms with van der Waals surface area (Å²) in [5.74, 6) is 0. The van der Waals surface area contributed by atoms with Crippen molar-refractivity contribution in [2.24, 2.45) is 0 Å². The normalized spacial score (nSPS) is 4.50. The molecular formula is C6H16Li2. The molecule has 0 radical (unpaired) electrons. The molecule has 0 aliphatic rings. The fourth-order valence-corrected chi connectivity index (χ4v) is 0. The molecule has 0 aromatic carbocycles. The second-order valence-corrected chi connectivity index (χ2v) is 1.000. The molecule has 0 aromatic heterocycles. The van der Waals surface area contributed by atoms with E-state index in [0.717, 1.165) is 0 Å². The molecule has 0 aliphatic heterocycles. The summed E-state index contributed by atoms with van der Waals surface area (Å²) in [5, 5.41) is 0. The minimum atomic E-state index is 0. The van der Waals surface area contributed by atoms with Crippen LogP contribution in [-0.2, 0) is 0 Å². The van der Waals surface area contributed by atoms with E-state index in [0.29, 0.717) is 0 Å². The number of unbranched alkanes of at least 4 members (excludes halogenated alkanes) is 1. The van der Waals surface area contributed by atoms with Gasteiger partial charge in [0.05, 0.1) is 0 Å². The summed E-state index contributed by atoms with van der Waals surface area (Å²) in [4.78, 5) is 0. The Balaban J connectivity index is -0.00000000990. The summed E-state index contributed by atoms with van der Waals surface area (Å²) < 4.78 is 0. The summed E-state index contributed by atoms with van der Waals surface area (Å²) in [6.07, 6.45) is 2.64. The molecule has 0 unspecified atom stereocenters. The van der Waals surface area contributed by atoms with Gasteiger partial charge < -0.3 is 8.35 Å². The minimum Gasteiger partial charge on any atom is -1.00 e. The summed E-state index contributed by atoms with van der Waals surface area (Å²) in [6.45, 7) is 9.36. The van der Waals surface area contributed by atoms with E-state index < -0.39 is 0 Å². The smallest absolute Gasteiger partial charge is 1.00 e. The average Bonchev–Trinajstić information content (AvgIpc) is 1.72. The van der Waals surface area contributed by atoms with Gasteiger partial charge in [-0.2, -0.15) is 6.92 Å². The molecule has 0 atom stereocenters. The van der Waals surface area contributed by atoms with Crippen LogP contribution in [0.1, 0.15) is 35.0 Å². The Bertz CT molecular complexity index is 13.0. The zero-order valence-corrected chi connectivity index (χ0v) is 7.12. The van der Waals surface area contributed by atoms with Gasteiger partial charge in [-0.25, -0.2) is 0 Å². The van der Waals surface area contributed by atoms with Gasteiger partial charge in [-0.3, -0.25) is 0 Å². The maximum atomic E-state index is 3.25. The van der Waals surface area contributed by atoms with E-state index in [1.165, 1.54) is 12.8 Å². The van der Waals surface area contributed by atoms with Gasteiger partial charge in [-0.05, 0) is 0 Å². The third-order valence-corrected chi connectivity index (χ3v) is 0.500. The first-order valence-electron chi connectivity index (χ1n) is 2.62.